The first-order valence-electron chi connectivity index (χ1n) is 9.88. The van der Waals surface area contributed by atoms with Gasteiger partial charge in [0.05, 0.1) is 0 Å². The molecule has 1 N–H and O–H groups in total. The molecule has 1 fully saturated rings. The zero-order valence-electron chi connectivity index (χ0n) is 15.4. The number of carbonyl (C=O) groups is 1. The van der Waals surface area contributed by atoms with E-state index in [-0.39, 0.29) is 0 Å². The molecule has 0 aromatic rings. The van der Waals surface area contributed by atoms with E-state index >= 15 is 0 Å². The Labute approximate surface area is 148 Å². The Bertz CT molecular complexity index is 373. The third-order valence-electron chi connectivity index (χ3n) is 4.97. The van der Waals surface area contributed by atoms with Gasteiger partial charge in [0.2, 0.25) is 0 Å². The Hall–Kier alpha value is -1.09. The number of hydrogen-bond acceptors (Lipinski definition) is 2. The molecule has 0 aromatic carbocycles. The summed E-state index contributed by atoms with van der Waals surface area (Å²) in [5.41, 5.74) is 0. The van der Waals surface area contributed by atoms with Crippen molar-refractivity contribution >= 4 is 5.97 Å². The Balaban J connectivity index is 2.05. The van der Waals surface area contributed by atoms with Gasteiger partial charge in [0, 0.05) is 19.3 Å². The van der Waals surface area contributed by atoms with E-state index in [1.807, 2.05) is 6.08 Å². The standard InChI is InChI=1S/C21H36O3/c1-2-17-24-18-10-6-5-8-13-20-15-11-14-19(20)12-7-3-4-9-16-21(22)23/h3-4,9,16,19-20H,2,5-8,10-15,17-18H2,1H3,(H,22,23)/t19-,20-/m0/s1. The minimum absolute atomic E-state index is 0.881. The van der Waals surface area contributed by atoms with E-state index in [0.29, 0.717) is 0 Å². The van der Waals surface area contributed by atoms with Crippen molar-refractivity contribution in [1.29, 1.82) is 0 Å². The molecule has 1 aliphatic carbocycles. The molecule has 0 saturated heterocycles. The van der Waals surface area contributed by atoms with Crippen molar-refractivity contribution in [3.05, 3.63) is 24.3 Å². The van der Waals surface area contributed by atoms with Crippen LogP contribution in [0.25, 0.3) is 0 Å². The van der Waals surface area contributed by atoms with E-state index in [4.69, 9.17) is 9.84 Å². The predicted octanol–water partition coefficient (Wildman–Crippen LogP) is 5.76. The number of carboxylic acids is 1. The van der Waals surface area contributed by atoms with Gasteiger partial charge in [-0.1, -0.05) is 70.1 Å². The van der Waals surface area contributed by atoms with Gasteiger partial charge in [-0.05, 0) is 37.5 Å². The van der Waals surface area contributed by atoms with Crippen molar-refractivity contribution in [3.63, 3.8) is 0 Å². The third kappa shape index (κ3) is 10.6. The molecule has 2 atom stereocenters. The lowest BCUT2D eigenvalue weighted by molar-refractivity contribution is -0.131. The zero-order valence-corrected chi connectivity index (χ0v) is 15.4. The Morgan fingerprint density at radius 3 is 2.54 bits per heavy atom. The first kappa shape index (κ1) is 21.0. The first-order chi connectivity index (χ1) is 11.7. The molecule has 0 aromatic heterocycles. The quantitative estimate of drug-likeness (QED) is 0.249. The number of ether oxygens (including phenoxy) is 1. The fourth-order valence-electron chi connectivity index (χ4n) is 3.71. The molecule has 3 heteroatoms. The smallest absolute Gasteiger partial charge is 0.328 e. The molecular formula is C21H36O3. The average molecular weight is 337 g/mol. The first-order valence-corrected chi connectivity index (χ1v) is 9.88. The topological polar surface area (TPSA) is 46.5 Å². The highest BCUT2D eigenvalue weighted by atomic mass is 16.5. The van der Waals surface area contributed by atoms with Gasteiger partial charge >= 0.3 is 5.97 Å². The monoisotopic (exact) mass is 336 g/mol. The minimum atomic E-state index is -0.882. The highest BCUT2D eigenvalue weighted by molar-refractivity contribution is 5.80. The van der Waals surface area contributed by atoms with E-state index in [1.165, 1.54) is 63.9 Å². The van der Waals surface area contributed by atoms with Crippen LogP contribution in [-0.2, 0) is 9.53 Å². The molecule has 1 rings (SSSR count). The summed E-state index contributed by atoms with van der Waals surface area (Å²) in [4.78, 5) is 10.4. The lowest BCUT2D eigenvalue weighted by atomic mass is 9.87. The van der Waals surface area contributed by atoms with Crippen LogP contribution >= 0.6 is 0 Å². The van der Waals surface area contributed by atoms with Gasteiger partial charge in [-0.25, -0.2) is 4.79 Å². The van der Waals surface area contributed by atoms with Crippen molar-refractivity contribution in [1.82, 2.24) is 0 Å². The second kappa shape index (κ2) is 14.3. The Morgan fingerprint density at radius 2 is 1.79 bits per heavy atom. The maximum Gasteiger partial charge on any atom is 0.328 e. The number of hydrogen-bond donors (Lipinski definition) is 1. The van der Waals surface area contributed by atoms with Crippen LogP contribution in [0.2, 0.25) is 0 Å². The van der Waals surface area contributed by atoms with Crippen LogP contribution in [-0.4, -0.2) is 24.3 Å². The van der Waals surface area contributed by atoms with Gasteiger partial charge < -0.3 is 9.84 Å². The molecule has 138 valence electrons. The van der Waals surface area contributed by atoms with Crippen molar-refractivity contribution < 1.29 is 14.6 Å². The number of unbranched alkanes of at least 4 members (excludes halogenated alkanes) is 3. The highest BCUT2D eigenvalue weighted by Gasteiger charge is 2.25. The summed E-state index contributed by atoms with van der Waals surface area (Å²) < 4.78 is 5.52. The average Bonchev–Trinajstić information content (AvgIpc) is 3.00. The van der Waals surface area contributed by atoms with E-state index in [2.05, 4.69) is 13.0 Å². The highest BCUT2D eigenvalue weighted by Crippen LogP contribution is 2.38. The van der Waals surface area contributed by atoms with E-state index in [9.17, 15) is 4.79 Å². The van der Waals surface area contributed by atoms with Crippen molar-refractivity contribution in [2.75, 3.05) is 13.2 Å². The van der Waals surface area contributed by atoms with Crippen LogP contribution in [0, 0.1) is 11.8 Å². The molecule has 0 aliphatic heterocycles. The van der Waals surface area contributed by atoms with Gasteiger partial charge in [-0.2, -0.15) is 0 Å². The summed E-state index contributed by atoms with van der Waals surface area (Å²) in [6.45, 7) is 3.99. The molecule has 0 radical (unpaired) electrons. The lowest BCUT2D eigenvalue weighted by Gasteiger charge is -2.18. The molecule has 1 aliphatic rings. The van der Waals surface area contributed by atoms with E-state index in [0.717, 1.165) is 37.9 Å². The normalized spacial score (nSPS) is 21.2. The zero-order chi connectivity index (χ0) is 17.5. The lowest BCUT2D eigenvalue weighted by Crippen LogP contribution is -2.07. The largest absolute Gasteiger partial charge is 0.478 e. The fourth-order valence-corrected chi connectivity index (χ4v) is 3.71. The molecule has 0 amide bonds. The predicted molar refractivity (Wildman–Crippen MR) is 100 cm³/mol. The van der Waals surface area contributed by atoms with Crippen LogP contribution < -0.4 is 0 Å². The van der Waals surface area contributed by atoms with Crippen molar-refractivity contribution in [3.8, 4) is 0 Å². The van der Waals surface area contributed by atoms with E-state index < -0.39 is 5.97 Å². The third-order valence-corrected chi connectivity index (χ3v) is 4.97. The van der Waals surface area contributed by atoms with Gasteiger partial charge in [0.15, 0.2) is 0 Å². The summed E-state index contributed by atoms with van der Waals surface area (Å²) in [7, 11) is 0. The molecule has 24 heavy (non-hydrogen) atoms. The molecule has 0 unspecified atom stereocenters. The summed E-state index contributed by atoms with van der Waals surface area (Å²) in [5, 5.41) is 8.52. The molecule has 1 saturated carbocycles. The van der Waals surface area contributed by atoms with Crippen molar-refractivity contribution in [2.45, 2.75) is 77.6 Å². The second-order valence-electron chi connectivity index (χ2n) is 6.97. The maximum atomic E-state index is 10.4. The minimum Gasteiger partial charge on any atom is -0.478 e. The van der Waals surface area contributed by atoms with Crippen LogP contribution in [0.3, 0.4) is 0 Å². The van der Waals surface area contributed by atoms with Crippen LogP contribution in [0.1, 0.15) is 77.6 Å². The molecule has 0 heterocycles. The fraction of sp³-hybridized carbons (Fsp3) is 0.762. The Kier molecular flexibility index (Phi) is 12.5. The second-order valence-corrected chi connectivity index (χ2v) is 6.97. The number of rotatable bonds is 14. The molecule has 3 nitrogen and oxygen atoms in total. The molecular weight excluding hydrogens is 300 g/mol. The number of allylic oxidation sites excluding steroid dienone is 3. The summed E-state index contributed by atoms with van der Waals surface area (Å²) in [5.74, 6) is 0.919. The SMILES string of the molecule is CCCOCCCCCC[C@H]1CCC[C@@H]1CCC=CC=CC(=O)O. The van der Waals surface area contributed by atoms with Crippen LogP contribution in [0.4, 0.5) is 0 Å². The number of carboxylic acid groups (broad SMARTS) is 1. The summed E-state index contributed by atoms with van der Waals surface area (Å²) in [6.07, 6.45) is 21.0. The van der Waals surface area contributed by atoms with Gasteiger partial charge in [-0.3, -0.25) is 0 Å². The van der Waals surface area contributed by atoms with Crippen LogP contribution in [0.5, 0.6) is 0 Å². The Morgan fingerprint density at radius 1 is 1.04 bits per heavy atom. The van der Waals surface area contributed by atoms with Gasteiger partial charge in [-0.15, -0.1) is 0 Å². The van der Waals surface area contributed by atoms with Crippen molar-refractivity contribution in [2.24, 2.45) is 11.8 Å². The maximum absolute atomic E-state index is 10.4. The number of aliphatic carboxylic acids is 1. The molecule has 0 bridgehead atoms. The van der Waals surface area contributed by atoms with Gasteiger partial charge in [0.25, 0.3) is 0 Å². The van der Waals surface area contributed by atoms with E-state index in [1.54, 1.807) is 6.08 Å². The molecule has 0 spiro atoms. The van der Waals surface area contributed by atoms with Gasteiger partial charge in [0.1, 0.15) is 0 Å². The van der Waals surface area contributed by atoms with Crippen LogP contribution in [0.15, 0.2) is 24.3 Å². The summed E-state index contributed by atoms with van der Waals surface area (Å²) in [6, 6.07) is 0. The summed E-state index contributed by atoms with van der Waals surface area (Å²) >= 11 is 0.